The average Bonchev–Trinajstić information content (AvgIpc) is 2.80. The van der Waals surface area contributed by atoms with Gasteiger partial charge in [0.2, 0.25) is 0 Å². The molecule has 1 aromatic carbocycles. The number of pyridine rings is 1. The molecular formula is C22H20N4O4S. The standard InChI is InChI=1S/C22H20N4O4S/c27-20(16-7-9-17(10-8-16)26(29)30)14-31-21-18-5-1-2-6-19(18)25(22(28)24-21)13-15-4-3-11-23-12-15/h3-4,7-12H,1-2,5-6,13-14H2. The van der Waals surface area contributed by atoms with Crippen molar-refractivity contribution in [1.29, 1.82) is 0 Å². The van der Waals surface area contributed by atoms with Gasteiger partial charge in [0.25, 0.3) is 5.69 Å². The van der Waals surface area contributed by atoms with Gasteiger partial charge in [-0.3, -0.25) is 24.5 Å². The molecule has 0 bridgehead atoms. The fraction of sp³-hybridized carbons (Fsp3) is 0.273. The summed E-state index contributed by atoms with van der Waals surface area (Å²) in [4.78, 5) is 44.0. The van der Waals surface area contributed by atoms with Crippen LogP contribution < -0.4 is 5.69 Å². The Morgan fingerprint density at radius 2 is 1.94 bits per heavy atom. The number of benzene rings is 1. The van der Waals surface area contributed by atoms with Crippen molar-refractivity contribution in [2.45, 2.75) is 37.3 Å². The van der Waals surface area contributed by atoms with Gasteiger partial charge in [0.05, 0.1) is 17.2 Å². The summed E-state index contributed by atoms with van der Waals surface area (Å²) in [5.41, 5.74) is 2.98. The van der Waals surface area contributed by atoms with Gasteiger partial charge in [0.1, 0.15) is 5.03 Å². The van der Waals surface area contributed by atoms with Gasteiger partial charge in [0.15, 0.2) is 5.78 Å². The molecule has 0 N–H and O–H groups in total. The molecule has 0 fully saturated rings. The second-order valence-electron chi connectivity index (χ2n) is 7.30. The van der Waals surface area contributed by atoms with Gasteiger partial charge in [0, 0.05) is 41.3 Å². The molecule has 158 valence electrons. The number of nitro groups is 1. The van der Waals surface area contributed by atoms with Crippen LogP contribution in [-0.2, 0) is 19.4 Å². The highest BCUT2D eigenvalue weighted by atomic mass is 32.2. The second-order valence-corrected chi connectivity index (χ2v) is 8.26. The van der Waals surface area contributed by atoms with E-state index in [0.29, 0.717) is 17.1 Å². The molecule has 0 saturated carbocycles. The molecule has 0 saturated heterocycles. The Labute approximate surface area is 182 Å². The lowest BCUT2D eigenvalue weighted by molar-refractivity contribution is -0.384. The molecule has 1 aliphatic carbocycles. The van der Waals surface area contributed by atoms with Crippen LogP contribution in [-0.4, -0.2) is 31.0 Å². The van der Waals surface area contributed by atoms with E-state index in [1.165, 1.54) is 36.0 Å². The lowest BCUT2D eigenvalue weighted by Gasteiger charge is -2.22. The zero-order valence-electron chi connectivity index (χ0n) is 16.7. The van der Waals surface area contributed by atoms with Crippen LogP contribution in [0.3, 0.4) is 0 Å². The highest BCUT2D eigenvalue weighted by molar-refractivity contribution is 8.00. The fourth-order valence-electron chi connectivity index (χ4n) is 3.69. The molecule has 2 aromatic heterocycles. The van der Waals surface area contributed by atoms with E-state index in [1.54, 1.807) is 17.0 Å². The summed E-state index contributed by atoms with van der Waals surface area (Å²) >= 11 is 1.26. The summed E-state index contributed by atoms with van der Waals surface area (Å²) in [5, 5.41) is 11.4. The van der Waals surface area contributed by atoms with Crippen LogP contribution in [0.5, 0.6) is 0 Å². The average molecular weight is 436 g/mol. The molecule has 0 radical (unpaired) electrons. The first-order chi connectivity index (χ1) is 15.0. The number of hydrogen-bond acceptors (Lipinski definition) is 7. The van der Waals surface area contributed by atoms with Crippen molar-refractivity contribution in [2.24, 2.45) is 0 Å². The van der Waals surface area contributed by atoms with Crippen LogP contribution in [0.25, 0.3) is 0 Å². The highest BCUT2D eigenvalue weighted by Crippen LogP contribution is 2.29. The summed E-state index contributed by atoms with van der Waals surface area (Å²) in [5.74, 6) is -0.0469. The predicted molar refractivity (Wildman–Crippen MR) is 117 cm³/mol. The maximum atomic E-state index is 12.8. The molecule has 0 aliphatic heterocycles. The van der Waals surface area contributed by atoms with E-state index in [-0.39, 0.29) is 22.9 Å². The maximum absolute atomic E-state index is 12.8. The molecule has 0 spiro atoms. The normalized spacial score (nSPS) is 12.9. The minimum atomic E-state index is -0.500. The van der Waals surface area contributed by atoms with E-state index in [4.69, 9.17) is 0 Å². The van der Waals surface area contributed by atoms with Crippen LogP contribution in [0.15, 0.2) is 58.6 Å². The van der Waals surface area contributed by atoms with Gasteiger partial charge in [-0.1, -0.05) is 17.8 Å². The van der Waals surface area contributed by atoms with Crippen molar-refractivity contribution in [3.8, 4) is 0 Å². The van der Waals surface area contributed by atoms with Crippen molar-refractivity contribution >= 4 is 23.2 Å². The first-order valence-electron chi connectivity index (χ1n) is 9.95. The molecule has 0 amide bonds. The van der Waals surface area contributed by atoms with Crippen LogP contribution in [0.2, 0.25) is 0 Å². The predicted octanol–water partition coefficient (Wildman–Crippen LogP) is 3.45. The number of non-ortho nitro benzene ring substituents is 1. The number of ketones is 1. The van der Waals surface area contributed by atoms with Crippen molar-refractivity contribution in [2.75, 3.05) is 5.75 Å². The van der Waals surface area contributed by atoms with Crippen molar-refractivity contribution in [1.82, 2.24) is 14.5 Å². The number of nitro benzene ring substituents is 1. The quantitative estimate of drug-likeness (QED) is 0.183. The summed E-state index contributed by atoms with van der Waals surface area (Å²) < 4.78 is 1.72. The van der Waals surface area contributed by atoms with Crippen LogP contribution in [0.4, 0.5) is 5.69 Å². The first-order valence-corrected chi connectivity index (χ1v) is 10.9. The third-order valence-electron chi connectivity index (χ3n) is 5.25. The Kier molecular flexibility index (Phi) is 6.22. The molecule has 4 rings (SSSR count). The minimum absolute atomic E-state index is 0.0582. The number of aromatic nitrogens is 3. The number of carbonyl (C=O) groups is 1. The molecule has 8 nitrogen and oxygen atoms in total. The van der Waals surface area contributed by atoms with Gasteiger partial charge in [-0.25, -0.2) is 4.79 Å². The largest absolute Gasteiger partial charge is 0.349 e. The number of hydrogen-bond donors (Lipinski definition) is 0. The minimum Gasteiger partial charge on any atom is -0.293 e. The number of fused-ring (bicyclic) bond motifs is 1. The fourth-order valence-corrected chi connectivity index (χ4v) is 4.66. The van der Waals surface area contributed by atoms with Crippen molar-refractivity contribution in [3.05, 3.63) is 91.8 Å². The molecule has 31 heavy (non-hydrogen) atoms. The maximum Gasteiger partial charge on any atom is 0.349 e. The highest BCUT2D eigenvalue weighted by Gasteiger charge is 2.21. The van der Waals surface area contributed by atoms with Gasteiger partial charge in [-0.2, -0.15) is 4.98 Å². The molecular weight excluding hydrogens is 416 g/mol. The van der Waals surface area contributed by atoms with Gasteiger partial charge >= 0.3 is 5.69 Å². The number of Topliss-reactive ketones (excluding diaryl/α,β-unsaturated/α-hetero) is 1. The molecule has 2 heterocycles. The van der Waals surface area contributed by atoms with E-state index in [2.05, 4.69) is 9.97 Å². The Morgan fingerprint density at radius 1 is 1.16 bits per heavy atom. The zero-order chi connectivity index (χ0) is 21.8. The second kappa shape index (κ2) is 9.22. The van der Waals surface area contributed by atoms with Crippen molar-refractivity contribution < 1.29 is 9.72 Å². The Hall–Kier alpha value is -3.33. The zero-order valence-corrected chi connectivity index (χ0v) is 17.5. The Morgan fingerprint density at radius 3 is 2.65 bits per heavy atom. The number of rotatable bonds is 7. The SMILES string of the molecule is O=C(CSc1nc(=O)n(Cc2cccnc2)c2c1CCCC2)c1ccc([N+](=O)[O-])cc1. The van der Waals surface area contributed by atoms with E-state index in [1.807, 2.05) is 12.1 Å². The Balaban J connectivity index is 1.56. The first kappa shape index (κ1) is 20.9. The molecule has 9 heteroatoms. The number of thioether (sulfide) groups is 1. The lowest BCUT2D eigenvalue weighted by Crippen LogP contribution is -2.30. The van der Waals surface area contributed by atoms with Crippen LogP contribution >= 0.6 is 11.8 Å². The number of carbonyl (C=O) groups excluding carboxylic acids is 1. The Bertz CT molecular complexity index is 1180. The van der Waals surface area contributed by atoms with Gasteiger partial charge < -0.3 is 0 Å². The summed E-state index contributed by atoms with van der Waals surface area (Å²) in [6.07, 6.45) is 7.09. The van der Waals surface area contributed by atoms with Crippen molar-refractivity contribution in [3.63, 3.8) is 0 Å². The monoisotopic (exact) mass is 436 g/mol. The third-order valence-corrected chi connectivity index (χ3v) is 6.27. The van der Waals surface area contributed by atoms with E-state index in [0.717, 1.165) is 42.5 Å². The van der Waals surface area contributed by atoms with Gasteiger partial charge in [-0.05, 0) is 49.4 Å². The third kappa shape index (κ3) is 4.72. The molecule has 3 aromatic rings. The van der Waals surface area contributed by atoms with E-state index < -0.39 is 4.92 Å². The summed E-state index contributed by atoms with van der Waals surface area (Å²) in [6.45, 7) is 0.425. The summed E-state index contributed by atoms with van der Waals surface area (Å²) in [7, 11) is 0. The lowest BCUT2D eigenvalue weighted by atomic mass is 9.97. The number of nitrogens with zero attached hydrogens (tertiary/aromatic N) is 4. The summed E-state index contributed by atoms with van der Waals surface area (Å²) in [6, 6.07) is 9.31. The topological polar surface area (TPSA) is 108 Å². The van der Waals surface area contributed by atoms with Crippen LogP contribution in [0, 0.1) is 10.1 Å². The van der Waals surface area contributed by atoms with Crippen LogP contribution in [0.1, 0.15) is 40.0 Å². The molecule has 0 atom stereocenters. The van der Waals surface area contributed by atoms with E-state index in [9.17, 15) is 19.7 Å². The molecule has 1 aliphatic rings. The molecule has 0 unspecified atom stereocenters. The van der Waals surface area contributed by atoms with E-state index >= 15 is 0 Å². The smallest absolute Gasteiger partial charge is 0.293 e. The van der Waals surface area contributed by atoms with Gasteiger partial charge in [-0.15, -0.1) is 0 Å².